The molecule has 1 aromatic rings. The van der Waals surface area contributed by atoms with Crippen LogP contribution in [0.15, 0.2) is 12.1 Å². The van der Waals surface area contributed by atoms with Crippen molar-refractivity contribution in [3.05, 3.63) is 17.7 Å². The number of methoxy groups -OCH3 is 3. The molecule has 0 saturated heterocycles. The van der Waals surface area contributed by atoms with E-state index in [2.05, 4.69) is 5.32 Å². The molecule has 0 aliphatic carbocycles. The van der Waals surface area contributed by atoms with Crippen LogP contribution >= 0.6 is 0 Å². The molecule has 0 heterocycles. The second kappa shape index (κ2) is 8.61. The number of benzene rings is 1. The maximum absolute atomic E-state index is 12.3. The molecule has 0 fully saturated rings. The van der Waals surface area contributed by atoms with Gasteiger partial charge in [0.05, 0.1) is 21.3 Å². The maximum atomic E-state index is 12.3. The van der Waals surface area contributed by atoms with Crippen molar-refractivity contribution in [2.24, 2.45) is 0 Å². The number of carbonyl (C=O) groups is 3. The first-order chi connectivity index (χ1) is 11.4. The smallest absolute Gasteiger partial charge is 0.342 e. The zero-order valence-corrected chi connectivity index (χ0v) is 14.1. The monoisotopic (exact) mass is 340 g/mol. The Morgan fingerprint density at radius 3 is 2.12 bits per heavy atom. The van der Waals surface area contributed by atoms with Gasteiger partial charge in [-0.15, -0.1) is 0 Å². The lowest BCUT2D eigenvalue weighted by Gasteiger charge is -2.17. The van der Waals surface area contributed by atoms with Crippen LogP contribution in [0.2, 0.25) is 0 Å². The molecule has 0 unspecified atom stereocenters. The Labute approximate surface area is 139 Å². The molecule has 0 spiro atoms. The van der Waals surface area contributed by atoms with Crippen LogP contribution in [0.3, 0.4) is 0 Å². The number of urea groups is 1. The van der Waals surface area contributed by atoms with E-state index in [9.17, 15) is 14.4 Å². The number of rotatable bonds is 6. The average molecular weight is 340 g/mol. The zero-order valence-electron chi connectivity index (χ0n) is 14.1. The Hall–Kier alpha value is -2.97. The molecule has 0 radical (unpaired) electrons. The number of hydrogen-bond donors (Lipinski definition) is 2. The van der Waals surface area contributed by atoms with Gasteiger partial charge in [-0.2, -0.15) is 0 Å². The van der Waals surface area contributed by atoms with E-state index in [1.807, 2.05) is 5.32 Å². The van der Waals surface area contributed by atoms with Gasteiger partial charge in [-0.25, -0.2) is 9.59 Å². The summed E-state index contributed by atoms with van der Waals surface area (Å²) in [6.07, 6.45) is -1.19. The number of nitrogens with one attached hydrogen (secondary N) is 2. The fourth-order valence-electron chi connectivity index (χ4n) is 1.82. The number of amides is 3. The van der Waals surface area contributed by atoms with Gasteiger partial charge in [-0.3, -0.25) is 10.1 Å². The molecule has 0 saturated carbocycles. The van der Waals surface area contributed by atoms with Gasteiger partial charge in [0.2, 0.25) is 5.75 Å². The SMILES string of the molecule is CNC(=O)NC(=O)[C@@H](C)OC(=O)c1ccc(OC)c(OC)c1OC. The Bertz CT molecular complexity index is 630. The van der Waals surface area contributed by atoms with Crippen LogP contribution in [0.4, 0.5) is 4.79 Å². The Balaban J connectivity index is 2.99. The van der Waals surface area contributed by atoms with Gasteiger partial charge in [-0.1, -0.05) is 0 Å². The van der Waals surface area contributed by atoms with Gasteiger partial charge < -0.3 is 24.3 Å². The first-order valence-corrected chi connectivity index (χ1v) is 6.92. The van der Waals surface area contributed by atoms with E-state index < -0.39 is 24.0 Å². The minimum Gasteiger partial charge on any atom is -0.493 e. The molecular weight excluding hydrogens is 320 g/mol. The minimum absolute atomic E-state index is 0.0507. The highest BCUT2D eigenvalue weighted by molar-refractivity contribution is 5.99. The normalized spacial score (nSPS) is 11.0. The summed E-state index contributed by atoms with van der Waals surface area (Å²) in [6, 6.07) is 2.23. The van der Waals surface area contributed by atoms with Gasteiger partial charge in [0.1, 0.15) is 5.56 Å². The van der Waals surface area contributed by atoms with E-state index in [1.165, 1.54) is 47.4 Å². The van der Waals surface area contributed by atoms with Crippen molar-refractivity contribution in [2.45, 2.75) is 13.0 Å². The molecule has 132 valence electrons. The van der Waals surface area contributed by atoms with E-state index in [0.29, 0.717) is 5.75 Å². The van der Waals surface area contributed by atoms with Crippen molar-refractivity contribution in [3.8, 4) is 17.2 Å². The summed E-state index contributed by atoms with van der Waals surface area (Å²) in [5.41, 5.74) is 0.0507. The highest BCUT2D eigenvalue weighted by atomic mass is 16.6. The third-order valence-corrected chi connectivity index (χ3v) is 3.04. The van der Waals surface area contributed by atoms with Gasteiger partial charge in [0.15, 0.2) is 17.6 Å². The van der Waals surface area contributed by atoms with Crippen molar-refractivity contribution in [3.63, 3.8) is 0 Å². The average Bonchev–Trinajstić information content (AvgIpc) is 2.59. The van der Waals surface area contributed by atoms with Crippen molar-refractivity contribution >= 4 is 17.9 Å². The van der Waals surface area contributed by atoms with Crippen molar-refractivity contribution in [1.82, 2.24) is 10.6 Å². The first-order valence-electron chi connectivity index (χ1n) is 6.92. The summed E-state index contributed by atoms with van der Waals surface area (Å²) < 4.78 is 20.5. The summed E-state index contributed by atoms with van der Waals surface area (Å²) in [5.74, 6) is -0.872. The Morgan fingerprint density at radius 2 is 1.62 bits per heavy atom. The summed E-state index contributed by atoms with van der Waals surface area (Å²) in [7, 11) is 5.55. The van der Waals surface area contributed by atoms with Crippen LogP contribution in [0, 0.1) is 0 Å². The van der Waals surface area contributed by atoms with Crippen LogP contribution in [-0.4, -0.2) is 52.4 Å². The minimum atomic E-state index is -1.19. The number of carbonyl (C=O) groups excluding carboxylic acids is 3. The summed E-state index contributed by atoms with van der Waals surface area (Å²) in [5, 5.41) is 4.23. The largest absolute Gasteiger partial charge is 0.493 e. The van der Waals surface area contributed by atoms with Crippen LogP contribution in [0.25, 0.3) is 0 Å². The number of ether oxygens (including phenoxy) is 4. The highest BCUT2D eigenvalue weighted by Gasteiger charge is 2.25. The highest BCUT2D eigenvalue weighted by Crippen LogP contribution is 2.40. The lowest BCUT2D eigenvalue weighted by atomic mass is 10.1. The van der Waals surface area contributed by atoms with Crippen molar-refractivity contribution in [1.29, 1.82) is 0 Å². The molecular formula is C15H20N2O7. The van der Waals surface area contributed by atoms with E-state index in [0.717, 1.165) is 0 Å². The van der Waals surface area contributed by atoms with Crippen LogP contribution in [-0.2, 0) is 9.53 Å². The quantitative estimate of drug-likeness (QED) is 0.734. The summed E-state index contributed by atoms with van der Waals surface area (Å²) in [6.45, 7) is 1.34. The van der Waals surface area contributed by atoms with Crippen LogP contribution in [0.5, 0.6) is 17.2 Å². The Kier molecular flexibility index (Phi) is 6.84. The van der Waals surface area contributed by atoms with E-state index >= 15 is 0 Å². The fourth-order valence-corrected chi connectivity index (χ4v) is 1.82. The molecule has 24 heavy (non-hydrogen) atoms. The molecule has 0 aliphatic heterocycles. The van der Waals surface area contributed by atoms with E-state index in [4.69, 9.17) is 18.9 Å². The number of hydrogen-bond acceptors (Lipinski definition) is 7. The second-order valence-corrected chi connectivity index (χ2v) is 4.50. The zero-order chi connectivity index (χ0) is 18.3. The number of imide groups is 1. The van der Waals surface area contributed by atoms with Gasteiger partial charge in [0.25, 0.3) is 5.91 Å². The summed E-state index contributed by atoms with van der Waals surface area (Å²) in [4.78, 5) is 35.1. The van der Waals surface area contributed by atoms with Crippen LogP contribution in [0.1, 0.15) is 17.3 Å². The Morgan fingerprint density at radius 1 is 1.00 bits per heavy atom. The predicted molar refractivity (Wildman–Crippen MR) is 83.6 cm³/mol. The van der Waals surface area contributed by atoms with E-state index in [-0.39, 0.29) is 17.1 Å². The van der Waals surface area contributed by atoms with Gasteiger partial charge >= 0.3 is 12.0 Å². The molecule has 0 aliphatic rings. The third kappa shape index (κ3) is 4.28. The molecule has 3 amide bonds. The van der Waals surface area contributed by atoms with Gasteiger partial charge in [0, 0.05) is 7.05 Å². The molecule has 0 bridgehead atoms. The first kappa shape index (κ1) is 19.1. The van der Waals surface area contributed by atoms with Crippen molar-refractivity contribution in [2.75, 3.05) is 28.4 Å². The second-order valence-electron chi connectivity index (χ2n) is 4.50. The predicted octanol–water partition coefficient (Wildman–Crippen LogP) is 0.713. The maximum Gasteiger partial charge on any atom is 0.342 e. The molecule has 9 heteroatoms. The van der Waals surface area contributed by atoms with Crippen molar-refractivity contribution < 1.29 is 33.3 Å². The molecule has 2 N–H and O–H groups in total. The number of esters is 1. The standard InChI is InChI=1S/C15H20N2O7/c1-8(13(18)17-15(20)16-2)24-14(19)9-6-7-10(21-3)12(23-5)11(9)22-4/h6-8H,1-5H3,(H2,16,17,18,20)/t8-/m1/s1. The van der Waals surface area contributed by atoms with E-state index in [1.54, 1.807) is 0 Å². The molecule has 1 rings (SSSR count). The molecule has 1 aromatic carbocycles. The van der Waals surface area contributed by atoms with Gasteiger partial charge in [-0.05, 0) is 19.1 Å². The molecule has 9 nitrogen and oxygen atoms in total. The lowest BCUT2D eigenvalue weighted by Crippen LogP contribution is -2.43. The topological polar surface area (TPSA) is 112 Å². The third-order valence-electron chi connectivity index (χ3n) is 3.04. The lowest BCUT2D eigenvalue weighted by molar-refractivity contribution is -0.127. The molecule has 0 aromatic heterocycles. The fraction of sp³-hybridized carbons (Fsp3) is 0.400. The van der Waals surface area contributed by atoms with Crippen LogP contribution < -0.4 is 24.8 Å². The molecule has 1 atom stereocenters. The summed E-state index contributed by atoms with van der Waals surface area (Å²) >= 11 is 0.